The number of carbonyl (C=O) groups excluding carboxylic acids is 2. The Kier molecular flexibility index (Phi) is 14.1. The first-order valence-electron chi connectivity index (χ1n) is 12.1. The molecule has 0 aromatic carbocycles. The molecule has 0 aromatic rings. The molecule has 1 rings (SSSR count). The number of rotatable bonds is 17. The molecule has 6 heteroatoms. The van der Waals surface area contributed by atoms with Gasteiger partial charge in [0.25, 0.3) is 0 Å². The second-order valence-electron chi connectivity index (χ2n) is 8.94. The van der Waals surface area contributed by atoms with E-state index >= 15 is 0 Å². The number of Topliss-reactive ketones (excluding diaryl/α,β-unsaturated/α-hetero) is 1. The molecule has 178 valence electrons. The first-order chi connectivity index (χ1) is 14.8. The Balaban J connectivity index is 2.19. The molecular formula is C25H42O6. The third kappa shape index (κ3) is 12.1. The van der Waals surface area contributed by atoms with Gasteiger partial charge in [0.05, 0.1) is 25.6 Å². The highest BCUT2D eigenvalue weighted by atomic mass is 16.5. The molecule has 0 heterocycles. The van der Waals surface area contributed by atoms with Crippen molar-refractivity contribution in [3.63, 3.8) is 0 Å². The van der Waals surface area contributed by atoms with Crippen LogP contribution in [-0.2, 0) is 19.1 Å². The van der Waals surface area contributed by atoms with Gasteiger partial charge in [0, 0.05) is 12.3 Å². The molecule has 0 radical (unpaired) electrons. The lowest BCUT2D eigenvalue weighted by Crippen LogP contribution is -2.17. The van der Waals surface area contributed by atoms with Gasteiger partial charge in [-0.3, -0.25) is 14.4 Å². The smallest absolute Gasteiger partial charge is 0.306 e. The van der Waals surface area contributed by atoms with Crippen molar-refractivity contribution in [2.24, 2.45) is 17.8 Å². The molecule has 2 N–H and O–H groups in total. The van der Waals surface area contributed by atoms with E-state index in [0.29, 0.717) is 18.8 Å². The Morgan fingerprint density at radius 3 is 2.55 bits per heavy atom. The summed E-state index contributed by atoms with van der Waals surface area (Å²) >= 11 is 0. The molecule has 4 atom stereocenters. The summed E-state index contributed by atoms with van der Waals surface area (Å²) in [5.74, 6) is -0.491. The predicted octanol–water partition coefficient (Wildman–Crippen LogP) is 5.07. The highest BCUT2D eigenvalue weighted by Gasteiger charge is 2.32. The lowest BCUT2D eigenvalue weighted by molar-refractivity contribution is -0.147. The molecule has 0 aromatic heterocycles. The van der Waals surface area contributed by atoms with Crippen molar-refractivity contribution in [3.8, 4) is 0 Å². The highest BCUT2D eigenvalue weighted by Crippen LogP contribution is 2.34. The summed E-state index contributed by atoms with van der Waals surface area (Å²) in [6.45, 7) is 4.58. The number of aliphatic carboxylic acids is 1. The summed E-state index contributed by atoms with van der Waals surface area (Å²) in [4.78, 5) is 34.0. The summed E-state index contributed by atoms with van der Waals surface area (Å²) in [6, 6.07) is 0. The van der Waals surface area contributed by atoms with Gasteiger partial charge in [-0.2, -0.15) is 0 Å². The summed E-state index contributed by atoms with van der Waals surface area (Å²) < 4.78 is 5.02. The number of carbonyl (C=O) groups is 3. The Morgan fingerprint density at radius 1 is 1.13 bits per heavy atom. The van der Waals surface area contributed by atoms with E-state index in [-0.39, 0.29) is 30.6 Å². The predicted molar refractivity (Wildman–Crippen MR) is 121 cm³/mol. The summed E-state index contributed by atoms with van der Waals surface area (Å²) in [5, 5.41) is 18.9. The maximum Gasteiger partial charge on any atom is 0.306 e. The third-order valence-corrected chi connectivity index (χ3v) is 6.27. The molecule has 0 amide bonds. The number of allylic oxidation sites excluding steroid dienone is 1. The van der Waals surface area contributed by atoms with Crippen molar-refractivity contribution in [2.75, 3.05) is 6.61 Å². The minimum atomic E-state index is -0.992. The van der Waals surface area contributed by atoms with Crippen LogP contribution >= 0.6 is 0 Å². The van der Waals surface area contributed by atoms with Crippen molar-refractivity contribution in [1.29, 1.82) is 0 Å². The van der Waals surface area contributed by atoms with E-state index in [9.17, 15) is 19.5 Å². The van der Waals surface area contributed by atoms with Crippen molar-refractivity contribution in [2.45, 2.75) is 103 Å². The molecule has 1 fully saturated rings. The van der Waals surface area contributed by atoms with Crippen LogP contribution < -0.4 is 0 Å². The Morgan fingerprint density at radius 2 is 1.84 bits per heavy atom. The fourth-order valence-electron chi connectivity index (χ4n) is 4.15. The quantitative estimate of drug-likeness (QED) is 0.187. The number of carboxylic acid groups (broad SMARTS) is 1. The number of unbranched alkanes of at least 4 members (excludes halogenated alkanes) is 5. The molecular weight excluding hydrogens is 396 g/mol. The molecule has 1 aliphatic carbocycles. The zero-order valence-electron chi connectivity index (χ0n) is 19.4. The number of hydrogen-bond donors (Lipinski definition) is 2. The number of ether oxygens (including phenoxy) is 1. The molecule has 1 saturated carbocycles. The number of carboxylic acids is 1. The topological polar surface area (TPSA) is 101 Å². The van der Waals surface area contributed by atoms with Gasteiger partial charge in [-0.1, -0.05) is 64.5 Å². The first kappa shape index (κ1) is 27.3. The van der Waals surface area contributed by atoms with E-state index in [1.54, 1.807) is 0 Å². The molecule has 0 bridgehead atoms. The van der Waals surface area contributed by atoms with E-state index in [1.807, 2.05) is 6.08 Å². The number of esters is 1. The fraction of sp³-hybridized carbons (Fsp3) is 0.800. The lowest BCUT2D eigenvalue weighted by Gasteiger charge is -2.18. The van der Waals surface area contributed by atoms with Crippen molar-refractivity contribution >= 4 is 17.7 Å². The third-order valence-electron chi connectivity index (χ3n) is 6.27. The van der Waals surface area contributed by atoms with Crippen LogP contribution in [0, 0.1) is 17.8 Å². The van der Waals surface area contributed by atoms with E-state index in [0.717, 1.165) is 64.2 Å². The molecule has 1 unspecified atom stereocenters. The zero-order valence-corrected chi connectivity index (χ0v) is 19.4. The number of hydrogen-bond acceptors (Lipinski definition) is 5. The second-order valence-corrected chi connectivity index (χ2v) is 8.94. The van der Waals surface area contributed by atoms with E-state index < -0.39 is 18.0 Å². The molecule has 0 saturated heterocycles. The SMILES string of the molecule is CCCCC(C)[C@H](O)/C=C/[C@H]1CCC(=O)[C@@H]1CCCCCCCOC(=O)CCC(=O)O. The second kappa shape index (κ2) is 16.0. The van der Waals surface area contributed by atoms with Gasteiger partial charge in [0.2, 0.25) is 0 Å². The Labute approximate surface area is 187 Å². The van der Waals surface area contributed by atoms with Gasteiger partial charge >= 0.3 is 11.9 Å². The number of aliphatic hydroxyl groups excluding tert-OH is 1. The molecule has 0 aliphatic heterocycles. The van der Waals surface area contributed by atoms with Crippen LogP contribution in [0.1, 0.15) is 97.3 Å². The standard InChI is InChI=1S/C25H42O6/c1-3-4-10-19(2)22(26)14-12-20-13-15-23(27)21(20)11-8-6-5-7-9-18-31-25(30)17-16-24(28)29/h12,14,19-22,26H,3-11,13,15-18H2,1-2H3,(H,28,29)/b14-12+/t19?,20-,21+,22+/m0/s1. The maximum absolute atomic E-state index is 12.3. The average Bonchev–Trinajstić information content (AvgIpc) is 3.09. The normalized spacial score (nSPS) is 20.8. The van der Waals surface area contributed by atoms with Gasteiger partial charge in [-0.05, 0) is 37.5 Å². The summed E-state index contributed by atoms with van der Waals surface area (Å²) in [6.07, 6.45) is 13.9. The average molecular weight is 439 g/mol. The fourth-order valence-corrected chi connectivity index (χ4v) is 4.15. The van der Waals surface area contributed by atoms with Crippen LogP contribution in [0.2, 0.25) is 0 Å². The van der Waals surface area contributed by atoms with Gasteiger partial charge in [-0.15, -0.1) is 0 Å². The molecule has 1 aliphatic rings. The summed E-state index contributed by atoms with van der Waals surface area (Å²) in [7, 11) is 0. The zero-order chi connectivity index (χ0) is 23.1. The van der Waals surface area contributed by atoms with Crippen molar-refractivity contribution in [1.82, 2.24) is 0 Å². The number of ketones is 1. The molecule has 6 nitrogen and oxygen atoms in total. The van der Waals surface area contributed by atoms with Crippen LogP contribution in [0.15, 0.2) is 12.2 Å². The Hall–Kier alpha value is -1.69. The van der Waals surface area contributed by atoms with Gasteiger partial charge in [0.15, 0.2) is 0 Å². The summed E-state index contributed by atoms with van der Waals surface area (Å²) in [5.41, 5.74) is 0. The number of aliphatic hydroxyl groups is 1. The highest BCUT2D eigenvalue weighted by molar-refractivity contribution is 5.83. The maximum atomic E-state index is 12.3. The van der Waals surface area contributed by atoms with Gasteiger partial charge < -0.3 is 14.9 Å². The van der Waals surface area contributed by atoms with E-state index in [2.05, 4.69) is 19.9 Å². The van der Waals surface area contributed by atoms with Crippen LogP contribution in [0.3, 0.4) is 0 Å². The minimum absolute atomic E-state index is 0.0744. The molecule has 31 heavy (non-hydrogen) atoms. The van der Waals surface area contributed by atoms with Crippen LogP contribution in [0.4, 0.5) is 0 Å². The largest absolute Gasteiger partial charge is 0.481 e. The minimum Gasteiger partial charge on any atom is -0.481 e. The monoisotopic (exact) mass is 438 g/mol. The van der Waals surface area contributed by atoms with E-state index in [1.165, 1.54) is 0 Å². The first-order valence-corrected chi connectivity index (χ1v) is 12.1. The van der Waals surface area contributed by atoms with Crippen LogP contribution in [0.5, 0.6) is 0 Å². The van der Waals surface area contributed by atoms with E-state index in [4.69, 9.17) is 9.84 Å². The Bertz CT molecular complexity index is 570. The van der Waals surface area contributed by atoms with Crippen molar-refractivity contribution < 1.29 is 29.3 Å². The van der Waals surface area contributed by atoms with Crippen LogP contribution in [0.25, 0.3) is 0 Å². The molecule has 0 spiro atoms. The lowest BCUT2D eigenvalue weighted by atomic mass is 9.88. The van der Waals surface area contributed by atoms with Gasteiger partial charge in [-0.25, -0.2) is 0 Å². The van der Waals surface area contributed by atoms with Crippen LogP contribution in [-0.4, -0.2) is 40.6 Å². The van der Waals surface area contributed by atoms with Gasteiger partial charge in [0.1, 0.15) is 5.78 Å². The van der Waals surface area contributed by atoms with Crippen molar-refractivity contribution in [3.05, 3.63) is 12.2 Å².